The Kier molecular flexibility index (Phi) is 5.75. The van der Waals surface area contributed by atoms with Gasteiger partial charge in [0.15, 0.2) is 0 Å². The molecule has 0 saturated carbocycles. The van der Waals surface area contributed by atoms with E-state index in [9.17, 15) is 9.59 Å². The fourth-order valence-corrected chi connectivity index (χ4v) is 2.69. The Morgan fingerprint density at radius 1 is 1.38 bits per heavy atom. The minimum absolute atomic E-state index is 0.0248. The lowest BCUT2D eigenvalue weighted by Crippen LogP contribution is -2.30. The van der Waals surface area contributed by atoms with Crippen molar-refractivity contribution in [3.05, 3.63) is 29.8 Å². The fourth-order valence-electron chi connectivity index (χ4n) is 2.69. The van der Waals surface area contributed by atoms with Crippen LogP contribution in [0.25, 0.3) is 0 Å². The molecule has 1 aliphatic rings. The molecule has 1 aromatic rings. The lowest BCUT2D eigenvalue weighted by molar-refractivity contribution is -0.117. The molecule has 1 aliphatic heterocycles. The fraction of sp³-hybridized carbons (Fsp3) is 0.500. The number of benzene rings is 1. The van der Waals surface area contributed by atoms with Crippen LogP contribution in [-0.2, 0) is 16.0 Å². The van der Waals surface area contributed by atoms with Gasteiger partial charge in [0.05, 0.1) is 6.42 Å². The van der Waals surface area contributed by atoms with Crippen molar-refractivity contribution in [2.45, 2.75) is 32.1 Å². The molecule has 5 heteroatoms. The van der Waals surface area contributed by atoms with Gasteiger partial charge in [-0.3, -0.25) is 9.59 Å². The van der Waals surface area contributed by atoms with E-state index in [0.29, 0.717) is 12.3 Å². The second-order valence-electron chi connectivity index (χ2n) is 5.64. The van der Waals surface area contributed by atoms with Crippen molar-refractivity contribution in [3.63, 3.8) is 0 Å². The third-order valence-corrected chi connectivity index (χ3v) is 3.77. The standard InChI is InChI=1S/C16H23N3O2/c17-15(20)10-13-3-1-5-14(9-13)19-16(21)7-6-12-4-2-8-18-11-12/h1,3,5,9,12,18H,2,4,6-8,10-11H2,(H2,17,20)(H,19,21). The Bertz CT molecular complexity index is 496. The van der Waals surface area contributed by atoms with E-state index < -0.39 is 0 Å². The molecule has 0 spiro atoms. The van der Waals surface area contributed by atoms with Gasteiger partial charge in [0.2, 0.25) is 11.8 Å². The van der Waals surface area contributed by atoms with Gasteiger partial charge >= 0.3 is 0 Å². The zero-order valence-corrected chi connectivity index (χ0v) is 12.2. The molecule has 0 aliphatic carbocycles. The van der Waals surface area contributed by atoms with Crippen molar-refractivity contribution < 1.29 is 9.59 Å². The maximum absolute atomic E-state index is 12.0. The molecule has 1 atom stereocenters. The van der Waals surface area contributed by atoms with Crippen LogP contribution in [0.2, 0.25) is 0 Å². The van der Waals surface area contributed by atoms with Crippen LogP contribution in [-0.4, -0.2) is 24.9 Å². The lowest BCUT2D eigenvalue weighted by Gasteiger charge is -2.22. The molecular weight excluding hydrogens is 266 g/mol. The molecular formula is C16H23N3O2. The Balaban J connectivity index is 1.80. The average Bonchev–Trinajstić information content (AvgIpc) is 2.46. The molecule has 1 saturated heterocycles. The monoisotopic (exact) mass is 289 g/mol. The van der Waals surface area contributed by atoms with Crippen molar-refractivity contribution in [1.29, 1.82) is 0 Å². The van der Waals surface area contributed by atoms with E-state index in [2.05, 4.69) is 10.6 Å². The van der Waals surface area contributed by atoms with Gasteiger partial charge in [-0.2, -0.15) is 0 Å². The second-order valence-corrected chi connectivity index (χ2v) is 5.64. The number of carbonyl (C=O) groups is 2. The van der Waals surface area contributed by atoms with Gasteiger partial charge in [-0.05, 0) is 56.0 Å². The molecule has 1 fully saturated rings. The molecule has 5 nitrogen and oxygen atoms in total. The van der Waals surface area contributed by atoms with Gasteiger partial charge in [0.1, 0.15) is 0 Å². The van der Waals surface area contributed by atoms with E-state index in [0.717, 1.165) is 30.8 Å². The van der Waals surface area contributed by atoms with Gasteiger partial charge in [-0.25, -0.2) is 0 Å². The van der Waals surface area contributed by atoms with Crippen LogP contribution in [0.1, 0.15) is 31.2 Å². The number of anilines is 1. The first-order chi connectivity index (χ1) is 10.1. The SMILES string of the molecule is NC(=O)Cc1cccc(NC(=O)CCC2CCCNC2)c1. The Morgan fingerprint density at radius 2 is 2.24 bits per heavy atom. The molecule has 1 heterocycles. The molecule has 1 aromatic carbocycles. The van der Waals surface area contributed by atoms with E-state index in [4.69, 9.17) is 5.73 Å². The van der Waals surface area contributed by atoms with Gasteiger partial charge < -0.3 is 16.4 Å². The summed E-state index contributed by atoms with van der Waals surface area (Å²) in [4.78, 5) is 22.9. The maximum Gasteiger partial charge on any atom is 0.224 e. The van der Waals surface area contributed by atoms with Crippen LogP contribution >= 0.6 is 0 Å². The number of piperidine rings is 1. The second kappa shape index (κ2) is 7.78. The molecule has 0 radical (unpaired) electrons. The molecule has 114 valence electrons. The molecule has 2 rings (SSSR count). The molecule has 0 aromatic heterocycles. The third kappa shape index (κ3) is 5.55. The lowest BCUT2D eigenvalue weighted by atomic mass is 9.94. The summed E-state index contributed by atoms with van der Waals surface area (Å²) in [6.45, 7) is 2.11. The normalized spacial score (nSPS) is 18.2. The number of nitrogens with one attached hydrogen (secondary N) is 2. The highest BCUT2D eigenvalue weighted by Gasteiger charge is 2.14. The minimum Gasteiger partial charge on any atom is -0.369 e. The molecule has 21 heavy (non-hydrogen) atoms. The Morgan fingerprint density at radius 3 is 2.95 bits per heavy atom. The van der Waals surface area contributed by atoms with Crippen molar-refractivity contribution in [2.75, 3.05) is 18.4 Å². The summed E-state index contributed by atoms with van der Waals surface area (Å²) in [5.74, 6) is 0.255. The summed E-state index contributed by atoms with van der Waals surface area (Å²) in [6, 6.07) is 7.27. The highest BCUT2D eigenvalue weighted by molar-refractivity contribution is 5.90. The number of amides is 2. The van der Waals surface area contributed by atoms with Crippen LogP contribution in [0.4, 0.5) is 5.69 Å². The van der Waals surface area contributed by atoms with E-state index in [1.54, 1.807) is 6.07 Å². The van der Waals surface area contributed by atoms with Gasteiger partial charge in [-0.1, -0.05) is 12.1 Å². The first-order valence-corrected chi connectivity index (χ1v) is 7.51. The highest BCUT2D eigenvalue weighted by atomic mass is 16.1. The minimum atomic E-state index is -0.372. The van der Waals surface area contributed by atoms with Crippen LogP contribution in [0.3, 0.4) is 0 Å². The van der Waals surface area contributed by atoms with Crippen molar-refractivity contribution in [3.8, 4) is 0 Å². The van der Waals surface area contributed by atoms with Crippen molar-refractivity contribution in [1.82, 2.24) is 5.32 Å². The van der Waals surface area contributed by atoms with Crippen LogP contribution in [0, 0.1) is 5.92 Å². The zero-order valence-electron chi connectivity index (χ0n) is 12.2. The van der Waals surface area contributed by atoms with Gasteiger partial charge in [0.25, 0.3) is 0 Å². The summed E-state index contributed by atoms with van der Waals surface area (Å²) < 4.78 is 0. The van der Waals surface area contributed by atoms with E-state index in [1.165, 1.54) is 12.8 Å². The first kappa shape index (κ1) is 15.5. The first-order valence-electron chi connectivity index (χ1n) is 7.51. The van der Waals surface area contributed by atoms with Gasteiger partial charge in [-0.15, -0.1) is 0 Å². The van der Waals surface area contributed by atoms with Crippen molar-refractivity contribution in [2.24, 2.45) is 11.7 Å². The summed E-state index contributed by atoms with van der Waals surface area (Å²) in [5, 5.41) is 6.24. The number of carbonyl (C=O) groups excluding carboxylic acids is 2. The van der Waals surface area contributed by atoms with E-state index >= 15 is 0 Å². The molecule has 0 bridgehead atoms. The molecule has 2 amide bonds. The number of nitrogens with two attached hydrogens (primary N) is 1. The number of hydrogen-bond donors (Lipinski definition) is 3. The number of hydrogen-bond acceptors (Lipinski definition) is 3. The van der Waals surface area contributed by atoms with Crippen LogP contribution in [0.15, 0.2) is 24.3 Å². The topological polar surface area (TPSA) is 84.2 Å². The third-order valence-electron chi connectivity index (χ3n) is 3.77. The summed E-state index contributed by atoms with van der Waals surface area (Å²) in [5.41, 5.74) is 6.71. The molecule has 1 unspecified atom stereocenters. The largest absolute Gasteiger partial charge is 0.369 e. The van der Waals surface area contributed by atoms with Crippen molar-refractivity contribution >= 4 is 17.5 Å². The van der Waals surface area contributed by atoms with Crippen LogP contribution < -0.4 is 16.4 Å². The van der Waals surface area contributed by atoms with E-state index in [-0.39, 0.29) is 18.2 Å². The number of primary amides is 1. The highest BCUT2D eigenvalue weighted by Crippen LogP contribution is 2.17. The predicted octanol–water partition coefficient (Wildman–Crippen LogP) is 1.43. The van der Waals surface area contributed by atoms with E-state index in [1.807, 2.05) is 18.2 Å². The molecule has 4 N–H and O–H groups in total. The Labute approximate surface area is 125 Å². The summed E-state index contributed by atoms with van der Waals surface area (Å²) in [7, 11) is 0. The van der Waals surface area contributed by atoms with Gasteiger partial charge in [0, 0.05) is 12.1 Å². The smallest absolute Gasteiger partial charge is 0.224 e. The Hall–Kier alpha value is -1.88. The van der Waals surface area contributed by atoms with Crippen LogP contribution in [0.5, 0.6) is 0 Å². The predicted molar refractivity (Wildman–Crippen MR) is 82.8 cm³/mol. The average molecular weight is 289 g/mol. The number of rotatable bonds is 6. The summed E-state index contributed by atoms with van der Waals surface area (Å²) >= 11 is 0. The summed E-state index contributed by atoms with van der Waals surface area (Å²) in [6.07, 6.45) is 4.04. The maximum atomic E-state index is 12.0. The zero-order chi connectivity index (χ0) is 15.1. The quantitative estimate of drug-likeness (QED) is 0.740.